The third-order valence-corrected chi connectivity index (χ3v) is 6.51. The summed E-state index contributed by atoms with van der Waals surface area (Å²) in [5, 5.41) is 26.3. The number of carbonyl (C=O) groups excluding carboxylic acids is 1. The molecule has 0 radical (unpaired) electrons. The van der Waals surface area contributed by atoms with E-state index in [1.807, 2.05) is 0 Å². The Morgan fingerprint density at radius 2 is 1.95 bits per heavy atom. The Labute approximate surface area is 215 Å². The van der Waals surface area contributed by atoms with E-state index in [0.29, 0.717) is 34.8 Å². The molecular weight excluding hydrogens is 492 g/mol. The molecule has 5 aromatic rings. The summed E-state index contributed by atoms with van der Waals surface area (Å²) in [5.74, 6) is 1.07. The van der Waals surface area contributed by atoms with Crippen LogP contribution in [0.5, 0.6) is 0 Å². The zero-order valence-electron chi connectivity index (χ0n) is 20.4. The fraction of sp³-hybridized carbons (Fsp3) is 0.292. The lowest BCUT2D eigenvalue weighted by Gasteiger charge is -2.32. The normalized spacial score (nSPS) is 14.8. The smallest absolute Gasteiger partial charge is 0.321 e. The van der Waals surface area contributed by atoms with Gasteiger partial charge in [-0.1, -0.05) is 12.1 Å². The first-order chi connectivity index (χ1) is 18.4. The molecule has 1 saturated heterocycles. The van der Waals surface area contributed by atoms with Crippen LogP contribution in [0.1, 0.15) is 18.4 Å². The number of aromatic nitrogens is 6. The van der Waals surface area contributed by atoms with E-state index in [4.69, 9.17) is 4.42 Å². The van der Waals surface area contributed by atoms with Crippen molar-refractivity contribution in [1.82, 2.24) is 39.6 Å². The molecule has 1 aliphatic heterocycles. The topological polar surface area (TPSA) is 162 Å². The summed E-state index contributed by atoms with van der Waals surface area (Å²) in [4.78, 5) is 34.7. The molecule has 2 amide bonds. The van der Waals surface area contributed by atoms with Crippen LogP contribution in [0.4, 0.5) is 16.4 Å². The number of nitrogens with zero attached hydrogens (tertiary/aromatic N) is 8. The average molecular weight is 517 g/mol. The number of hydrogen-bond acceptors (Lipinski definition) is 9. The van der Waals surface area contributed by atoms with Crippen molar-refractivity contribution >= 4 is 34.3 Å². The van der Waals surface area contributed by atoms with Crippen molar-refractivity contribution in [2.75, 3.05) is 18.4 Å². The first kappa shape index (κ1) is 23.5. The Hall–Kier alpha value is -4.85. The van der Waals surface area contributed by atoms with E-state index in [1.165, 1.54) is 16.6 Å². The second-order valence-electron chi connectivity index (χ2n) is 9.20. The zero-order chi connectivity index (χ0) is 26.2. The molecule has 14 heteroatoms. The standard InChI is InChI=1S/C24H24N10O4/c1-31-14-18-20(29-31)27-23(33-22(18)26-21(30-33)19-3-2-12-38-19)28-24(35)25-16-8-10-32(11-9-16)13-15-4-6-17(7-5-15)34(36)37/h2-7,12,14,16H,8-11,13H2,1H3,(H2,25,27,28,29,35). The molecule has 5 heterocycles. The number of fused-ring (bicyclic) bond motifs is 3. The Bertz CT molecular complexity index is 1620. The minimum atomic E-state index is -0.401. The summed E-state index contributed by atoms with van der Waals surface area (Å²) < 4.78 is 8.55. The fourth-order valence-corrected chi connectivity index (χ4v) is 4.63. The van der Waals surface area contributed by atoms with E-state index in [0.717, 1.165) is 31.5 Å². The van der Waals surface area contributed by atoms with Crippen LogP contribution in [0.2, 0.25) is 0 Å². The van der Waals surface area contributed by atoms with Crippen molar-refractivity contribution < 1.29 is 14.1 Å². The van der Waals surface area contributed by atoms with Crippen molar-refractivity contribution in [3.63, 3.8) is 0 Å². The van der Waals surface area contributed by atoms with E-state index in [1.54, 1.807) is 48.5 Å². The summed E-state index contributed by atoms with van der Waals surface area (Å²) in [7, 11) is 1.79. The van der Waals surface area contributed by atoms with Gasteiger partial charge in [-0.25, -0.2) is 9.78 Å². The van der Waals surface area contributed by atoms with Crippen LogP contribution < -0.4 is 10.6 Å². The lowest BCUT2D eigenvalue weighted by atomic mass is 10.0. The maximum absolute atomic E-state index is 12.9. The highest BCUT2D eigenvalue weighted by Gasteiger charge is 2.23. The van der Waals surface area contributed by atoms with Gasteiger partial charge in [0, 0.05) is 51.1 Å². The van der Waals surface area contributed by atoms with Gasteiger partial charge in [-0.05, 0) is 30.5 Å². The number of nitro benzene ring substituents is 1. The van der Waals surface area contributed by atoms with Crippen LogP contribution in [0.25, 0.3) is 28.3 Å². The van der Waals surface area contributed by atoms with Crippen LogP contribution >= 0.6 is 0 Å². The molecule has 0 aliphatic carbocycles. The third kappa shape index (κ3) is 4.64. The van der Waals surface area contributed by atoms with Gasteiger partial charge in [-0.15, -0.1) is 5.10 Å². The second-order valence-corrected chi connectivity index (χ2v) is 9.20. The molecule has 6 rings (SSSR count). The molecule has 1 aromatic carbocycles. The minimum Gasteiger partial charge on any atom is -0.461 e. The Balaban J connectivity index is 1.12. The number of rotatable bonds is 6. The monoisotopic (exact) mass is 516 g/mol. The van der Waals surface area contributed by atoms with Crippen molar-refractivity contribution in [2.24, 2.45) is 7.05 Å². The van der Waals surface area contributed by atoms with Gasteiger partial charge in [-0.2, -0.15) is 14.6 Å². The second kappa shape index (κ2) is 9.55. The van der Waals surface area contributed by atoms with E-state index < -0.39 is 11.0 Å². The molecule has 0 saturated carbocycles. The third-order valence-electron chi connectivity index (χ3n) is 6.51. The van der Waals surface area contributed by atoms with Gasteiger partial charge in [0.15, 0.2) is 17.1 Å². The molecule has 194 valence electrons. The highest BCUT2D eigenvalue weighted by Crippen LogP contribution is 2.24. The van der Waals surface area contributed by atoms with E-state index in [9.17, 15) is 14.9 Å². The molecule has 4 aromatic heterocycles. The molecule has 0 atom stereocenters. The summed E-state index contributed by atoms with van der Waals surface area (Å²) in [6, 6.07) is 9.72. The molecule has 1 aliphatic rings. The molecule has 2 N–H and O–H groups in total. The van der Waals surface area contributed by atoms with Gasteiger partial charge < -0.3 is 9.73 Å². The average Bonchev–Trinajstić information content (AvgIpc) is 3.65. The molecule has 0 spiro atoms. The number of amides is 2. The van der Waals surface area contributed by atoms with Crippen molar-refractivity contribution in [1.29, 1.82) is 0 Å². The summed E-state index contributed by atoms with van der Waals surface area (Å²) >= 11 is 0. The van der Waals surface area contributed by atoms with Crippen molar-refractivity contribution in [3.8, 4) is 11.6 Å². The number of nitrogens with one attached hydrogen (secondary N) is 2. The molecule has 14 nitrogen and oxygen atoms in total. The first-order valence-electron chi connectivity index (χ1n) is 12.1. The Kier molecular flexibility index (Phi) is 5.92. The van der Waals surface area contributed by atoms with E-state index in [-0.39, 0.29) is 17.7 Å². The summed E-state index contributed by atoms with van der Waals surface area (Å²) in [6.07, 6.45) is 4.89. The Morgan fingerprint density at radius 3 is 2.66 bits per heavy atom. The van der Waals surface area contributed by atoms with Crippen LogP contribution in [0.3, 0.4) is 0 Å². The quantitative estimate of drug-likeness (QED) is 0.255. The van der Waals surface area contributed by atoms with Gasteiger partial charge in [0.1, 0.15) is 0 Å². The van der Waals surface area contributed by atoms with Gasteiger partial charge in [0.25, 0.3) is 5.69 Å². The Morgan fingerprint density at radius 1 is 1.16 bits per heavy atom. The predicted molar refractivity (Wildman–Crippen MR) is 136 cm³/mol. The number of hydrogen-bond donors (Lipinski definition) is 2. The number of anilines is 1. The highest BCUT2D eigenvalue weighted by atomic mass is 16.6. The molecular formula is C24H24N10O4. The number of piperidine rings is 1. The lowest BCUT2D eigenvalue weighted by molar-refractivity contribution is -0.384. The van der Waals surface area contributed by atoms with Gasteiger partial charge >= 0.3 is 6.03 Å². The zero-order valence-corrected chi connectivity index (χ0v) is 20.4. The number of non-ortho nitro benzene ring substituents is 1. The number of likely N-dealkylation sites (tertiary alicyclic amines) is 1. The number of urea groups is 1. The number of nitro groups is 1. The van der Waals surface area contributed by atoms with E-state index in [2.05, 4.69) is 35.7 Å². The van der Waals surface area contributed by atoms with Gasteiger partial charge in [-0.3, -0.25) is 25.0 Å². The summed E-state index contributed by atoms with van der Waals surface area (Å²) in [5.41, 5.74) is 2.04. The molecule has 1 fully saturated rings. The maximum Gasteiger partial charge on any atom is 0.321 e. The molecule has 38 heavy (non-hydrogen) atoms. The number of furan rings is 1. The van der Waals surface area contributed by atoms with Gasteiger partial charge in [0.2, 0.25) is 11.8 Å². The first-order valence-corrected chi connectivity index (χ1v) is 12.1. The predicted octanol–water partition coefficient (Wildman–Crippen LogP) is 2.97. The van der Waals surface area contributed by atoms with Crippen LogP contribution in [-0.4, -0.2) is 64.3 Å². The molecule has 0 bridgehead atoms. The SMILES string of the molecule is Cn1cc2c(nc(NC(=O)NC3CCN(Cc4ccc([N+](=O)[O-])cc4)CC3)n3nc(-c4ccco4)nc23)n1. The lowest BCUT2D eigenvalue weighted by Crippen LogP contribution is -2.45. The summed E-state index contributed by atoms with van der Waals surface area (Å²) in [6.45, 7) is 2.28. The van der Waals surface area contributed by atoms with Crippen molar-refractivity contribution in [3.05, 3.63) is 64.5 Å². The number of aryl methyl sites for hydroxylation is 1. The highest BCUT2D eigenvalue weighted by molar-refractivity contribution is 5.93. The molecule has 0 unspecified atom stereocenters. The minimum absolute atomic E-state index is 0.00777. The largest absolute Gasteiger partial charge is 0.461 e. The van der Waals surface area contributed by atoms with Gasteiger partial charge in [0.05, 0.1) is 16.6 Å². The van der Waals surface area contributed by atoms with Crippen LogP contribution in [0, 0.1) is 10.1 Å². The van der Waals surface area contributed by atoms with Crippen LogP contribution in [-0.2, 0) is 13.6 Å². The van der Waals surface area contributed by atoms with Crippen LogP contribution in [0.15, 0.2) is 53.3 Å². The number of carbonyl (C=O) groups is 1. The maximum atomic E-state index is 12.9. The van der Waals surface area contributed by atoms with Crippen molar-refractivity contribution in [2.45, 2.75) is 25.4 Å². The number of benzene rings is 1. The fourth-order valence-electron chi connectivity index (χ4n) is 4.63. The van der Waals surface area contributed by atoms with E-state index >= 15 is 0 Å².